The van der Waals surface area contributed by atoms with Gasteiger partial charge in [0.05, 0.1) is 16.8 Å². The van der Waals surface area contributed by atoms with Crippen molar-refractivity contribution in [2.45, 2.75) is 30.8 Å². The zero-order chi connectivity index (χ0) is 19.3. The van der Waals surface area contributed by atoms with E-state index in [9.17, 15) is 4.79 Å². The largest absolute Gasteiger partial charge is 0.372 e. The highest BCUT2D eigenvalue weighted by molar-refractivity contribution is 7.99. The van der Waals surface area contributed by atoms with Gasteiger partial charge in [-0.1, -0.05) is 36.7 Å². The van der Waals surface area contributed by atoms with Gasteiger partial charge < -0.3 is 14.8 Å². The van der Waals surface area contributed by atoms with Crippen LogP contribution in [0.4, 0.5) is 11.4 Å². The van der Waals surface area contributed by atoms with E-state index < -0.39 is 0 Å². The molecule has 1 aliphatic rings. The van der Waals surface area contributed by atoms with Crippen LogP contribution in [0.15, 0.2) is 53.7 Å². The predicted octanol–water partition coefficient (Wildman–Crippen LogP) is 4.68. The van der Waals surface area contributed by atoms with Crippen molar-refractivity contribution in [1.29, 1.82) is 0 Å². The number of benzene rings is 2. The maximum absolute atomic E-state index is 12.4. The summed E-state index contributed by atoms with van der Waals surface area (Å²) in [7, 11) is 1.98. The molecule has 2 heterocycles. The van der Waals surface area contributed by atoms with E-state index in [-0.39, 0.29) is 5.91 Å². The number of rotatable bonds is 5. The number of nitrogens with zero attached hydrogens (tertiary/aromatic N) is 3. The molecule has 1 aromatic heterocycles. The van der Waals surface area contributed by atoms with Crippen molar-refractivity contribution in [3.63, 3.8) is 0 Å². The third-order valence-electron chi connectivity index (χ3n) is 5.20. The minimum atomic E-state index is -0.0143. The molecule has 146 valence electrons. The number of para-hydroxylation sites is 2. The van der Waals surface area contributed by atoms with Crippen molar-refractivity contribution in [3.8, 4) is 0 Å². The van der Waals surface area contributed by atoms with Crippen LogP contribution in [-0.4, -0.2) is 34.3 Å². The maximum Gasteiger partial charge on any atom is 0.234 e. The standard InChI is InChI=1S/C22H26N4OS/c1-25-20-9-5-4-8-19(20)24-22(25)28-16-21(27)23-17-10-12-18(13-11-17)26-14-6-2-3-7-15-26/h4-5,8-13H,2-3,6-7,14-16H2,1H3,(H,23,27). The van der Waals surface area contributed by atoms with E-state index in [1.54, 1.807) is 0 Å². The van der Waals surface area contributed by atoms with Crippen LogP contribution >= 0.6 is 11.8 Å². The van der Waals surface area contributed by atoms with Gasteiger partial charge in [-0.3, -0.25) is 4.79 Å². The van der Waals surface area contributed by atoms with Gasteiger partial charge in [-0.05, 0) is 49.2 Å². The van der Waals surface area contributed by atoms with Gasteiger partial charge in [0, 0.05) is 31.5 Å². The van der Waals surface area contributed by atoms with Crippen molar-refractivity contribution in [3.05, 3.63) is 48.5 Å². The highest BCUT2D eigenvalue weighted by Gasteiger charge is 2.12. The Bertz CT molecular complexity index is 943. The van der Waals surface area contributed by atoms with Gasteiger partial charge in [0.25, 0.3) is 0 Å². The summed E-state index contributed by atoms with van der Waals surface area (Å²) in [5.74, 6) is 0.324. The molecule has 1 aliphatic heterocycles. The van der Waals surface area contributed by atoms with Crippen LogP contribution < -0.4 is 10.2 Å². The molecular weight excluding hydrogens is 368 g/mol. The molecule has 1 saturated heterocycles. The predicted molar refractivity (Wildman–Crippen MR) is 117 cm³/mol. The summed E-state index contributed by atoms with van der Waals surface area (Å²) in [6.45, 7) is 2.25. The molecule has 1 N–H and O–H groups in total. The topological polar surface area (TPSA) is 50.2 Å². The average molecular weight is 395 g/mol. The Morgan fingerprint density at radius 3 is 2.46 bits per heavy atom. The molecule has 3 aromatic rings. The van der Waals surface area contributed by atoms with Crippen molar-refractivity contribution in [2.24, 2.45) is 7.05 Å². The number of fused-ring (bicyclic) bond motifs is 1. The Morgan fingerprint density at radius 2 is 1.75 bits per heavy atom. The molecule has 1 fully saturated rings. The highest BCUT2D eigenvalue weighted by Crippen LogP contribution is 2.24. The number of thioether (sulfide) groups is 1. The van der Waals surface area contributed by atoms with E-state index in [4.69, 9.17) is 0 Å². The van der Waals surface area contributed by atoms with Gasteiger partial charge in [0.15, 0.2) is 5.16 Å². The van der Waals surface area contributed by atoms with Crippen LogP contribution in [0.2, 0.25) is 0 Å². The van der Waals surface area contributed by atoms with E-state index in [2.05, 4.69) is 27.3 Å². The lowest BCUT2D eigenvalue weighted by Crippen LogP contribution is -2.23. The quantitative estimate of drug-likeness (QED) is 0.638. The molecule has 2 aromatic carbocycles. The first-order valence-electron chi connectivity index (χ1n) is 9.90. The molecule has 6 heteroatoms. The van der Waals surface area contributed by atoms with Crippen molar-refractivity contribution in [2.75, 3.05) is 29.1 Å². The second kappa shape index (κ2) is 8.69. The number of carbonyl (C=O) groups is 1. The second-order valence-electron chi connectivity index (χ2n) is 7.23. The molecule has 0 atom stereocenters. The summed E-state index contributed by atoms with van der Waals surface area (Å²) in [6, 6.07) is 16.2. The molecule has 5 nitrogen and oxygen atoms in total. The van der Waals surface area contributed by atoms with Gasteiger partial charge in [-0.15, -0.1) is 0 Å². The molecule has 0 radical (unpaired) electrons. The normalized spacial score (nSPS) is 14.8. The fourth-order valence-electron chi connectivity index (χ4n) is 3.66. The Hall–Kier alpha value is -2.47. The number of carbonyl (C=O) groups excluding carboxylic acids is 1. The Kier molecular flexibility index (Phi) is 5.86. The van der Waals surface area contributed by atoms with Gasteiger partial charge in [-0.25, -0.2) is 4.98 Å². The monoisotopic (exact) mass is 394 g/mol. The molecule has 0 saturated carbocycles. The number of nitrogens with one attached hydrogen (secondary N) is 1. The zero-order valence-corrected chi connectivity index (χ0v) is 17.0. The number of aromatic nitrogens is 2. The van der Waals surface area contributed by atoms with E-state index >= 15 is 0 Å². The van der Waals surface area contributed by atoms with E-state index in [0.717, 1.165) is 35.0 Å². The number of imidazole rings is 1. The van der Waals surface area contributed by atoms with E-state index in [0.29, 0.717) is 5.75 Å². The van der Waals surface area contributed by atoms with Crippen LogP contribution in [0, 0.1) is 0 Å². The molecule has 0 spiro atoms. The van der Waals surface area contributed by atoms with Crippen LogP contribution in [0.1, 0.15) is 25.7 Å². The first kappa shape index (κ1) is 18.9. The molecule has 0 bridgehead atoms. The summed E-state index contributed by atoms with van der Waals surface area (Å²) >= 11 is 1.46. The lowest BCUT2D eigenvalue weighted by molar-refractivity contribution is -0.113. The number of hydrogen-bond acceptors (Lipinski definition) is 4. The first-order valence-corrected chi connectivity index (χ1v) is 10.9. The summed E-state index contributed by atoms with van der Waals surface area (Å²) < 4.78 is 2.03. The number of hydrogen-bond donors (Lipinski definition) is 1. The van der Waals surface area contributed by atoms with Crippen LogP contribution in [-0.2, 0) is 11.8 Å². The molecule has 28 heavy (non-hydrogen) atoms. The molecule has 0 aliphatic carbocycles. The molecule has 1 amide bonds. The fraction of sp³-hybridized carbons (Fsp3) is 0.364. The molecule has 4 rings (SSSR count). The first-order chi connectivity index (χ1) is 13.7. The van der Waals surface area contributed by atoms with Crippen LogP contribution in [0.5, 0.6) is 0 Å². The summed E-state index contributed by atoms with van der Waals surface area (Å²) in [5.41, 5.74) is 4.12. The van der Waals surface area contributed by atoms with E-state index in [1.165, 1.54) is 43.1 Å². The molecular formula is C22H26N4OS. The number of aryl methyl sites for hydroxylation is 1. The van der Waals surface area contributed by atoms with E-state index in [1.807, 2.05) is 48.0 Å². The summed E-state index contributed by atoms with van der Waals surface area (Å²) in [6.07, 6.45) is 5.18. The van der Waals surface area contributed by atoms with Crippen molar-refractivity contribution < 1.29 is 4.79 Å². The third-order valence-corrected chi connectivity index (χ3v) is 6.23. The second-order valence-corrected chi connectivity index (χ2v) is 8.17. The fourth-order valence-corrected chi connectivity index (χ4v) is 4.45. The van der Waals surface area contributed by atoms with Gasteiger partial charge in [0.1, 0.15) is 0 Å². The Morgan fingerprint density at radius 1 is 1.04 bits per heavy atom. The van der Waals surface area contributed by atoms with Crippen molar-refractivity contribution in [1.82, 2.24) is 9.55 Å². The summed E-state index contributed by atoms with van der Waals surface area (Å²) in [5, 5.41) is 3.85. The lowest BCUT2D eigenvalue weighted by Gasteiger charge is -2.22. The van der Waals surface area contributed by atoms with Gasteiger partial charge >= 0.3 is 0 Å². The van der Waals surface area contributed by atoms with Crippen LogP contribution in [0.25, 0.3) is 11.0 Å². The zero-order valence-electron chi connectivity index (χ0n) is 16.2. The Balaban J connectivity index is 1.33. The van der Waals surface area contributed by atoms with Gasteiger partial charge in [0.2, 0.25) is 5.91 Å². The highest BCUT2D eigenvalue weighted by atomic mass is 32.2. The third kappa shape index (κ3) is 4.33. The molecule has 0 unspecified atom stereocenters. The maximum atomic E-state index is 12.4. The minimum absolute atomic E-state index is 0.0143. The number of amides is 1. The van der Waals surface area contributed by atoms with Gasteiger partial charge in [-0.2, -0.15) is 0 Å². The van der Waals surface area contributed by atoms with Crippen molar-refractivity contribution >= 4 is 40.1 Å². The average Bonchev–Trinajstić information content (AvgIpc) is 2.88. The SMILES string of the molecule is Cn1c(SCC(=O)Nc2ccc(N3CCCCCC3)cc2)nc2ccccc21. The van der Waals surface area contributed by atoms with Crippen LogP contribution in [0.3, 0.4) is 0 Å². The Labute approximate surface area is 170 Å². The minimum Gasteiger partial charge on any atom is -0.372 e. The summed E-state index contributed by atoms with van der Waals surface area (Å²) in [4.78, 5) is 19.4. The lowest BCUT2D eigenvalue weighted by atomic mass is 10.2. The number of anilines is 2. The smallest absolute Gasteiger partial charge is 0.234 e.